The van der Waals surface area contributed by atoms with Crippen molar-refractivity contribution < 1.29 is 4.74 Å². The highest BCUT2D eigenvalue weighted by Crippen LogP contribution is 2.35. The van der Waals surface area contributed by atoms with E-state index in [-0.39, 0.29) is 0 Å². The third kappa shape index (κ3) is 3.91. The average Bonchev–Trinajstić information content (AvgIpc) is 2.28. The lowest BCUT2D eigenvalue weighted by atomic mass is 9.77. The maximum atomic E-state index is 5.59. The van der Waals surface area contributed by atoms with Crippen LogP contribution in [-0.2, 0) is 4.74 Å². The molecule has 0 amide bonds. The molecule has 1 aliphatic rings. The molecular weight excluding hydrogens is 198 g/mol. The van der Waals surface area contributed by atoms with Crippen LogP contribution in [0.3, 0.4) is 0 Å². The first-order chi connectivity index (χ1) is 7.69. The molecule has 2 atom stereocenters. The summed E-state index contributed by atoms with van der Waals surface area (Å²) in [6.45, 7) is 6.33. The predicted octanol–water partition coefficient (Wildman–Crippen LogP) is 3.12. The number of hydrogen-bond acceptors (Lipinski definition) is 2. The molecule has 1 saturated carbocycles. The van der Waals surface area contributed by atoms with Gasteiger partial charge in [0, 0.05) is 7.11 Å². The second-order valence-electron chi connectivity index (χ2n) is 5.23. The fraction of sp³-hybridized carbons (Fsp3) is 0.857. The van der Waals surface area contributed by atoms with Crippen molar-refractivity contribution in [2.45, 2.75) is 46.0 Å². The molecule has 1 rings (SSSR count). The van der Waals surface area contributed by atoms with E-state index >= 15 is 0 Å². The summed E-state index contributed by atoms with van der Waals surface area (Å²) in [6.07, 6.45) is 6.10. The van der Waals surface area contributed by atoms with Crippen molar-refractivity contribution in [3.8, 4) is 0 Å². The van der Waals surface area contributed by atoms with Gasteiger partial charge < -0.3 is 10.5 Å². The van der Waals surface area contributed by atoms with Gasteiger partial charge in [0.1, 0.15) is 0 Å². The summed E-state index contributed by atoms with van der Waals surface area (Å²) in [5, 5.41) is 0. The van der Waals surface area contributed by atoms with Crippen LogP contribution in [0.1, 0.15) is 46.0 Å². The molecule has 0 aromatic heterocycles. The van der Waals surface area contributed by atoms with Crippen molar-refractivity contribution in [3.63, 3.8) is 0 Å². The topological polar surface area (TPSA) is 35.2 Å². The van der Waals surface area contributed by atoms with Gasteiger partial charge in [-0.1, -0.05) is 19.4 Å². The number of hydrogen-bond donors (Lipinski definition) is 1. The molecule has 2 heteroatoms. The molecule has 2 nitrogen and oxygen atoms in total. The summed E-state index contributed by atoms with van der Waals surface area (Å²) in [6, 6.07) is 0. The number of rotatable bonds is 5. The number of nitrogens with two attached hydrogens (primary N) is 1. The van der Waals surface area contributed by atoms with Crippen molar-refractivity contribution in [2.24, 2.45) is 17.6 Å². The molecule has 0 radical (unpaired) electrons. The van der Waals surface area contributed by atoms with Gasteiger partial charge >= 0.3 is 0 Å². The van der Waals surface area contributed by atoms with E-state index in [1.807, 2.05) is 0 Å². The van der Waals surface area contributed by atoms with Gasteiger partial charge in [0.2, 0.25) is 0 Å². The Labute approximate surface area is 100 Å². The first kappa shape index (κ1) is 13.7. The van der Waals surface area contributed by atoms with Gasteiger partial charge in [-0.3, -0.25) is 0 Å². The highest BCUT2D eigenvalue weighted by molar-refractivity contribution is 5.17. The Morgan fingerprint density at radius 3 is 2.69 bits per heavy atom. The Balaban J connectivity index is 2.64. The van der Waals surface area contributed by atoms with Gasteiger partial charge in [-0.25, -0.2) is 0 Å². The molecule has 0 spiro atoms. The summed E-state index contributed by atoms with van der Waals surface area (Å²) in [7, 11) is 1.79. The lowest BCUT2D eigenvalue weighted by Crippen LogP contribution is -2.17. The Bertz CT molecular complexity index is 231. The van der Waals surface area contributed by atoms with Crippen LogP contribution >= 0.6 is 0 Å². The van der Waals surface area contributed by atoms with Crippen LogP contribution in [0.15, 0.2) is 11.1 Å². The van der Waals surface area contributed by atoms with Crippen LogP contribution < -0.4 is 5.73 Å². The normalized spacial score (nSPS) is 29.2. The third-order valence-electron chi connectivity index (χ3n) is 3.94. The lowest BCUT2D eigenvalue weighted by molar-refractivity contribution is 0.218. The van der Waals surface area contributed by atoms with E-state index in [9.17, 15) is 0 Å². The van der Waals surface area contributed by atoms with Gasteiger partial charge in [-0.15, -0.1) is 0 Å². The van der Waals surface area contributed by atoms with Crippen molar-refractivity contribution >= 4 is 0 Å². The highest BCUT2D eigenvalue weighted by Gasteiger charge is 2.21. The van der Waals surface area contributed by atoms with E-state index in [1.54, 1.807) is 12.7 Å². The van der Waals surface area contributed by atoms with Crippen LogP contribution in [0.2, 0.25) is 0 Å². The van der Waals surface area contributed by atoms with E-state index in [4.69, 9.17) is 10.5 Å². The summed E-state index contributed by atoms with van der Waals surface area (Å²) >= 11 is 0. The van der Waals surface area contributed by atoms with E-state index in [1.165, 1.54) is 24.8 Å². The Hall–Kier alpha value is -0.340. The lowest BCUT2D eigenvalue weighted by Gasteiger charge is -2.29. The van der Waals surface area contributed by atoms with Gasteiger partial charge in [-0.2, -0.15) is 0 Å². The minimum absolute atomic E-state index is 0.784. The molecule has 2 unspecified atom stereocenters. The predicted molar refractivity (Wildman–Crippen MR) is 69.4 cm³/mol. The second-order valence-corrected chi connectivity index (χ2v) is 5.23. The smallest absolute Gasteiger partial charge is 0.0675 e. The summed E-state index contributed by atoms with van der Waals surface area (Å²) in [5.41, 5.74) is 8.76. The summed E-state index contributed by atoms with van der Waals surface area (Å²) < 4.78 is 5.32. The fourth-order valence-corrected chi connectivity index (χ4v) is 2.54. The second kappa shape index (κ2) is 7.08. The zero-order chi connectivity index (χ0) is 12.0. The molecule has 1 fully saturated rings. The summed E-state index contributed by atoms with van der Waals surface area (Å²) in [4.78, 5) is 0. The van der Waals surface area contributed by atoms with E-state index in [0.717, 1.165) is 37.8 Å². The third-order valence-corrected chi connectivity index (χ3v) is 3.94. The SMILES string of the molecule is COCC(CCCN)=C1CCC(C)C(C)C1. The zero-order valence-corrected chi connectivity index (χ0v) is 11.1. The van der Waals surface area contributed by atoms with E-state index in [0.29, 0.717) is 0 Å². The molecule has 16 heavy (non-hydrogen) atoms. The first-order valence-electron chi connectivity index (χ1n) is 6.57. The average molecular weight is 225 g/mol. The maximum Gasteiger partial charge on any atom is 0.0675 e. The standard InChI is InChI=1S/C14H27NO/c1-11-6-7-13(9-12(11)2)14(10-16-3)5-4-8-15/h11-12H,4-10,15H2,1-3H3. The molecule has 0 bridgehead atoms. The molecule has 1 aliphatic carbocycles. The molecule has 0 saturated heterocycles. The van der Waals surface area contributed by atoms with Crippen LogP contribution in [0.25, 0.3) is 0 Å². The maximum absolute atomic E-state index is 5.59. The molecule has 0 aromatic carbocycles. The van der Waals surface area contributed by atoms with E-state index < -0.39 is 0 Å². The van der Waals surface area contributed by atoms with Crippen molar-refractivity contribution in [2.75, 3.05) is 20.3 Å². The molecule has 0 heterocycles. The van der Waals surface area contributed by atoms with Gasteiger partial charge in [0.05, 0.1) is 6.61 Å². The Morgan fingerprint density at radius 2 is 2.12 bits per heavy atom. The Kier molecular flexibility index (Phi) is 6.07. The van der Waals surface area contributed by atoms with Gasteiger partial charge in [0.15, 0.2) is 0 Å². The molecule has 0 aromatic rings. The van der Waals surface area contributed by atoms with Gasteiger partial charge in [0.25, 0.3) is 0 Å². The molecular formula is C14H27NO. The number of ether oxygens (including phenoxy) is 1. The first-order valence-corrected chi connectivity index (χ1v) is 6.57. The highest BCUT2D eigenvalue weighted by atomic mass is 16.5. The van der Waals surface area contributed by atoms with Crippen LogP contribution in [0, 0.1) is 11.8 Å². The fourth-order valence-electron chi connectivity index (χ4n) is 2.54. The van der Waals surface area contributed by atoms with Crippen molar-refractivity contribution in [3.05, 3.63) is 11.1 Å². The largest absolute Gasteiger partial charge is 0.380 e. The van der Waals surface area contributed by atoms with Crippen LogP contribution in [0.5, 0.6) is 0 Å². The van der Waals surface area contributed by atoms with Crippen LogP contribution in [0.4, 0.5) is 0 Å². The zero-order valence-electron chi connectivity index (χ0n) is 11.1. The monoisotopic (exact) mass is 225 g/mol. The molecule has 94 valence electrons. The van der Waals surface area contributed by atoms with Gasteiger partial charge in [-0.05, 0) is 56.1 Å². The molecule has 2 N–H and O–H groups in total. The minimum Gasteiger partial charge on any atom is -0.380 e. The van der Waals surface area contributed by atoms with Crippen molar-refractivity contribution in [1.29, 1.82) is 0 Å². The molecule has 0 aliphatic heterocycles. The number of allylic oxidation sites excluding steroid dienone is 1. The van der Waals surface area contributed by atoms with Crippen molar-refractivity contribution in [1.82, 2.24) is 0 Å². The van der Waals surface area contributed by atoms with E-state index in [2.05, 4.69) is 13.8 Å². The Morgan fingerprint density at radius 1 is 1.38 bits per heavy atom. The summed E-state index contributed by atoms with van der Waals surface area (Å²) in [5.74, 6) is 1.70. The minimum atomic E-state index is 0.784. The number of methoxy groups -OCH3 is 1. The van der Waals surface area contributed by atoms with Crippen LogP contribution in [-0.4, -0.2) is 20.3 Å². The quantitative estimate of drug-likeness (QED) is 0.730.